The summed E-state index contributed by atoms with van der Waals surface area (Å²) in [5.41, 5.74) is 2.55. The van der Waals surface area contributed by atoms with Gasteiger partial charge in [-0.05, 0) is 42.4 Å². The maximum Gasteiger partial charge on any atom is 0.338 e. The molecule has 2 N–H and O–H groups in total. The highest BCUT2D eigenvalue weighted by Crippen LogP contribution is 2.32. The molecular formula is C19H17FN2O2S. The van der Waals surface area contributed by atoms with E-state index < -0.39 is 12.0 Å². The van der Waals surface area contributed by atoms with Gasteiger partial charge in [0.25, 0.3) is 0 Å². The van der Waals surface area contributed by atoms with Crippen LogP contribution >= 0.6 is 12.2 Å². The van der Waals surface area contributed by atoms with Crippen LogP contribution in [-0.2, 0) is 9.53 Å². The van der Waals surface area contributed by atoms with Crippen molar-refractivity contribution < 1.29 is 13.9 Å². The van der Waals surface area contributed by atoms with E-state index in [1.807, 2.05) is 30.3 Å². The van der Waals surface area contributed by atoms with Gasteiger partial charge in [-0.15, -0.1) is 0 Å². The minimum Gasteiger partial charge on any atom is -0.463 e. The van der Waals surface area contributed by atoms with Gasteiger partial charge >= 0.3 is 5.97 Å². The lowest BCUT2D eigenvalue weighted by molar-refractivity contribution is -0.138. The molecule has 128 valence electrons. The zero-order valence-electron chi connectivity index (χ0n) is 13.6. The van der Waals surface area contributed by atoms with Crippen molar-refractivity contribution in [3.8, 4) is 0 Å². The van der Waals surface area contributed by atoms with Gasteiger partial charge in [0.2, 0.25) is 0 Å². The Kier molecular flexibility index (Phi) is 5.09. The molecule has 1 heterocycles. The number of esters is 1. The fraction of sp³-hybridized carbons (Fsp3) is 0.158. The summed E-state index contributed by atoms with van der Waals surface area (Å²) in [7, 11) is 0. The molecule has 0 unspecified atom stereocenters. The summed E-state index contributed by atoms with van der Waals surface area (Å²) in [6, 6.07) is 14.9. The van der Waals surface area contributed by atoms with Crippen molar-refractivity contribution in [3.05, 3.63) is 77.1 Å². The second kappa shape index (κ2) is 7.44. The van der Waals surface area contributed by atoms with Crippen LogP contribution in [0.5, 0.6) is 0 Å². The normalized spacial score (nSPS) is 16.9. The average molecular weight is 356 g/mol. The summed E-state index contributed by atoms with van der Waals surface area (Å²) in [6.45, 7) is 2.01. The fourth-order valence-corrected chi connectivity index (χ4v) is 2.95. The molecule has 0 radical (unpaired) electrons. The lowest BCUT2D eigenvalue weighted by Gasteiger charge is -2.31. The van der Waals surface area contributed by atoms with Gasteiger partial charge in [0, 0.05) is 0 Å². The van der Waals surface area contributed by atoms with E-state index in [1.54, 1.807) is 19.1 Å². The minimum atomic E-state index is -0.524. The molecule has 0 spiro atoms. The summed E-state index contributed by atoms with van der Waals surface area (Å²) in [5, 5.41) is 6.53. The van der Waals surface area contributed by atoms with E-state index in [0.29, 0.717) is 16.4 Å². The van der Waals surface area contributed by atoms with E-state index >= 15 is 0 Å². The van der Waals surface area contributed by atoms with Crippen molar-refractivity contribution in [1.82, 2.24) is 10.6 Å². The molecule has 6 heteroatoms. The van der Waals surface area contributed by atoms with Gasteiger partial charge in [-0.2, -0.15) is 0 Å². The third-order valence-electron chi connectivity index (χ3n) is 3.83. The SMILES string of the molecule is CCOC(=O)C1=C(c2ccccc2)NC(=S)N[C@H]1c1ccc(F)cc1. The van der Waals surface area contributed by atoms with Crippen LogP contribution in [0.1, 0.15) is 24.1 Å². The first-order valence-electron chi connectivity index (χ1n) is 7.90. The monoisotopic (exact) mass is 356 g/mol. The molecule has 0 amide bonds. The van der Waals surface area contributed by atoms with Crippen LogP contribution in [0.4, 0.5) is 4.39 Å². The second-order valence-electron chi connectivity index (χ2n) is 5.46. The number of thiocarbonyl (C=S) groups is 1. The Morgan fingerprint density at radius 3 is 2.48 bits per heavy atom. The van der Waals surface area contributed by atoms with Crippen LogP contribution in [0.15, 0.2) is 60.2 Å². The smallest absolute Gasteiger partial charge is 0.338 e. The van der Waals surface area contributed by atoms with Crippen molar-refractivity contribution in [3.63, 3.8) is 0 Å². The Morgan fingerprint density at radius 1 is 1.16 bits per heavy atom. The van der Waals surface area contributed by atoms with Crippen molar-refractivity contribution >= 4 is 29.0 Å². The summed E-state index contributed by atoms with van der Waals surface area (Å²) < 4.78 is 18.5. The molecule has 3 rings (SSSR count). The third-order valence-corrected chi connectivity index (χ3v) is 4.05. The van der Waals surface area contributed by atoms with Crippen LogP contribution in [-0.4, -0.2) is 17.7 Å². The molecule has 2 aromatic rings. The lowest BCUT2D eigenvalue weighted by Crippen LogP contribution is -2.45. The highest BCUT2D eigenvalue weighted by Gasteiger charge is 2.33. The summed E-state index contributed by atoms with van der Waals surface area (Å²) in [6.07, 6.45) is 0. The lowest BCUT2D eigenvalue weighted by atomic mass is 9.93. The van der Waals surface area contributed by atoms with Gasteiger partial charge in [-0.3, -0.25) is 0 Å². The Morgan fingerprint density at radius 2 is 1.84 bits per heavy atom. The number of benzene rings is 2. The van der Waals surface area contributed by atoms with Gasteiger partial charge < -0.3 is 15.4 Å². The molecule has 1 aliphatic heterocycles. The van der Waals surface area contributed by atoms with Crippen molar-refractivity contribution in [2.24, 2.45) is 0 Å². The van der Waals surface area contributed by atoms with E-state index in [0.717, 1.165) is 11.1 Å². The molecule has 2 aromatic carbocycles. The predicted octanol–water partition coefficient (Wildman–Crippen LogP) is 3.32. The summed E-state index contributed by atoms with van der Waals surface area (Å²) in [5.74, 6) is -0.789. The fourth-order valence-electron chi connectivity index (χ4n) is 2.73. The van der Waals surface area contributed by atoms with E-state index in [-0.39, 0.29) is 12.4 Å². The van der Waals surface area contributed by atoms with Crippen LogP contribution in [0.25, 0.3) is 5.70 Å². The van der Waals surface area contributed by atoms with Crippen molar-refractivity contribution in [2.75, 3.05) is 6.61 Å². The number of nitrogens with one attached hydrogen (secondary N) is 2. The number of rotatable bonds is 4. The molecule has 1 aliphatic rings. The van der Waals surface area contributed by atoms with E-state index in [9.17, 15) is 9.18 Å². The molecular weight excluding hydrogens is 339 g/mol. The molecule has 0 fully saturated rings. The van der Waals surface area contributed by atoms with Gasteiger partial charge in [0.05, 0.1) is 23.9 Å². The Hall–Kier alpha value is -2.73. The zero-order chi connectivity index (χ0) is 17.8. The number of carbonyl (C=O) groups is 1. The predicted molar refractivity (Wildman–Crippen MR) is 98.0 cm³/mol. The summed E-state index contributed by atoms with van der Waals surface area (Å²) in [4.78, 5) is 12.7. The number of carbonyl (C=O) groups excluding carboxylic acids is 1. The van der Waals surface area contributed by atoms with Gasteiger partial charge in [0.15, 0.2) is 5.11 Å². The molecule has 0 saturated carbocycles. The minimum absolute atomic E-state index is 0.255. The number of ether oxygens (including phenoxy) is 1. The van der Waals surface area contributed by atoms with Crippen LogP contribution in [0.2, 0.25) is 0 Å². The van der Waals surface area contributed by atoms with Crippen LogP contribution < -0.4 is 10.6 Å². The summed E-state index contributed by atoms with van der Waals surface area (Å²) >= 11 is 5.31. The standard InChI is InChI=1S/C19H17FN2O2S/c1-2-24-18(23)15-16(12-6-4-3-5-7-12)21-19(25)22-17(15)13-8-10-14(20)11-9-13/h3-11,17H,2H2,1H3,(H2,21,22,25)/t17-/m0/s1. The van der Waals surface area contributed by atoms with E-state index in [2.05, 4.69) is 10.6 Å². The van der Waals surface area contributed by atoms with Gasteiger partial charge in [-0.25, -0.2) is 9.18 Å². The second-order valence-corrected chi connectivity index (χ2v) is 5.87. The maximum absolute atomic E-state index is 13.3. The average Bonchev–Trinajstić information content (AvgIpc) is 2.62. The quantitative estimate of drug-likeness (QED) is 0.650. The van der Waals surface area contributed by atoms with E-state index in [4.69, 9.17) is 17.0 Å². The van der Waals surface area contributed by atoms with E-state index in [1.165, 1.54) is 12.1 Å². The highest BCUT2D eigenvalue weighted by atomic mass is 32.1. The van der Waals surface area contributed by atoms with Gasteiger partial charge in [-0.1, -0.05) is 42.5 Å². The molecule has 25 heavy (non-hydrogen) atoms. The molecule has 0 saturated heterocycles. The first kappa shape index (κ1) is 17.1. The van der Waals surface area contributed by atoms with Crippen LogP contribution in [0.3, 0.4) is 0 Å². The van der Waals surface area contributed by atoms with Crippen molar-refractivity contribution in [2.45, 2.75) is 13.0 Å². The number of hydrogen-bond donors (Lipinski definition) is 2. The maximum atomic E-state index is 13.3. The topological polar surface area (TPSA) is 50.4 Å². The molecule has 1 atom stereocenters. The molecule has 0 aromatic heterocycles. The number of halogens is 1. The first-order valence-corrected chi connectivity index (χ1v) is 8.30. The Balaban J connectivity index is 2.16. The third kappa shape index (κ3) is 3.69. The molecule has 0 bridgehead atoms. The van der Waals surface area contributed by atoms with Gasteiger partial charge in [0.1, 0.15) is 5.82 Å². The Labute approximate surface area is 150 Å². The highest BCUT2D eigenvalue weighted by molar-refractivity contribution is 7.80. The molecule has 4 nitrogen and oxygen atoms in total. The zero-order valence-corrected chi connectivity index (χ0v) is 14.4. The van der Waals surface area contributed by atoms with Crippen LogP contribution in [0, 0.1) is 5.82 Å². The number of hydrogen-bond acceptors (Lipinski definition) is 3. The Bertz CT molecular complexity index is 819. The first-order chi connectivity index (χ1) is 12.1. The van der Waals surface area contributed by atoms with Crippen molar-refractivity contribution in [1.29, 1.82) is 0 Å². The molecule has 0 aliphatic carbocycles. The largest absolute Gasteiger partial charge is 0.463 e.